The second-order valence-electron chi connectivity index (χ2n) is 9.89. The molecule has 1 amide bonds. The van der Waals surface area contributed by atoms with Crippen molar-refractivity contribution in [3.05, 3.63) is 76.0 Å². The van der Waals surface area contributed by atoms with Crippen molar-refractivity contribution in [3.8, 4) is 11.5 Å². The average molecular weight is 571 g/mol. The third kappa shape index (κ3) is 6.30. The fourth-order valence-electron chi connectivity index (χ4n) is 5.10. The van der Waals surface area contributed by atoms with Crippen LogP contribution in [0.4, 0.5) is 0 Å². The van der Waals surface area contributed by atoms with E-state index in [9.17, 15) is 13.2 Å². The number of fused-ring (bicyclic) bond motifs is 1. The molecule has 2 aliphatic heterocycles. The molecular formula is C29H34N2O6S2. The third-order valence-electron chi connectivity index (χ3n) is 7.27. The molecule has 8 nitrogen and oxygen atoms in total. The third-order valence-corrected chi connectivity index (χ3v) is 10.1. The standard InChI is InChI=1S/C29H34N2O6S2/c1-21-8-10-25(11-9-21)39(33,34)30(18-24-7-4-15-36-24)19-29(32)31-14-12-28-26(13-16-38-28)27(31)20-37-23-6-3-5-22(17-23)35-2/h3,5-6,8-11,13,16-17,24,27H,4,7,12,14-15,18-20H2,1-2H3/t24-,27+/m1/s1. The summed E-state index contributed by atoms with van der Waals surface area (Å²) in [6.45, 7) is 3.15. The first kappa shape index (κ1) is 27.6. The number of carbonyl (C=O) groups is 1. The number of carbonyl (C=O) groups excluding carboxylic acids is 1. The summed E-state index contributed by atoms with van der Waals surface area (Å²) in [5.74, 6) is 1.08. The van der Waals surface area contributed by atoms with Crippen molar-refractivity contribution in [2.45, 2.75) is 43.2 Å². The van der Waals surface area contributed by atoms with Crippen LogP contribution in [0, 0.1) is 6.92 Å². The van der Waals surface area contributed by atoms with Crippen molar-refractivity contribution in [1.29, 1.82) is 0 Å². The van der Waals surface area contributed by atoms with Crippen LogP contribution in [0.3, 0.4) is 0 Å². The molecule has 10 heteroatoms. The molecule has 2 atom stereocenters. The molecule has 0 unspecified atom stereocenters. The molecule has 1 fully saturated rings. The summed E-state index contributed by atoms with van der Waals surface area (Å²) in [4.78, 5) is 17.0. The molecule has 5 rings (SSSR count). The van der Waals surface area contributed by atoms with Crippen molar-refractivity contribution in [3.63, 3.8) is 0 Å². The molecule has 0 aliphatic carbocycles. The highest BCUT2D eigenvalue weighted by atomic mass is 32.2. The lowest BCUT2D eigenvalue weighted by Crippen LogP contribution is -2.49. The summed E-state index contributed by atoms with van der Waals surface area (Å²) in [5, 5.41) is 2.03. The minimum atomic E-state index is -3.91. The molecule has 2 aromatic carbocycles. The van der Waals surface area contributed by atoms with Crippen molar-refractivity contribution in [2.24, 2.45) is 0 Å². The number of amides is 1. The molecule has 3 aromatic rings. The SMILES string of the molecule is COc1cccc(OC[C@H]2c3ccsc3CCN2C(=O)CN(C[C@H]2CCCO2)S(=O)(=O)c2ccc(C)cc2)c1. The number of aryl methyl sites for hydroxylation is 1. The Kier molecular flexibility index (Phi) is 8.56. The number of rotatable bonds is 10. The van der Waals surface area contributed by atoms with Crippen molar-refractivity contribution < 1.29 is 27.4 Å². The second-order valence-corrected chi connectivity index (χ2v) is 12.8. The van der Waals surface area contributed by atoms with Gasteiger partial charge < -0.3 is 19.1 Å². The lowest BCUT2D eigenvalue weighted by Gasteiger charge is -2.37. The summed E-state index contributed by atoms with van der Waals surface area (Å²) in [7, 11) is -2.30. The zero-order valence-corrected chi connectivity index (χ0v) is 23.9. The predicted molar refractivity (Wildman–Crippen MR) is 150 cm³/mol. The maximum absolute atomic E-state index is 13.9. The van der Waals surface area contributed by atoms with Gasteiger partial charge in [0, 0.05) is 30.6 Å². The number of methoxy groups -OCH3 is 1. The Labute approximate surface area is 234 Å². The maximum Gasteiger partial charge on any atom is 0.243 e. The molecule has 1 saturated heterocycles. The van der Waals surface area contributed by atoms with Crippen LogP contribution in [-0.4, -0.2) is 69.6 Å². The second kappa shape index (κ2) is 12.1. The topological polar surface area (TPSA) is 85.4 Å². The van der Waals surface area contributed by atoms with Crippen LogP contribution in [0.2, 0.25) is 0 Å². The molecule has 0 radical (unpaired) electrons. The van der Waals surface area contributed by atoms with E-state index in [0.717, 1.165) is 30.4 Å². The monoisotopic (exact) mass is 570 g/mol. The Hall–Kier alpha value is -2.92. The van der Waals surface area contributed by atoms with Crippen LogP contribution in [0.25, 0.3) is 0 Å². The first-order valence-electron chi connectivity index (χ1n) is 13.2. The van der Waals surface area contributed by atoms with E-state index in [2.05, 4.69) is 0 Å². The first-order valence-corrected chi connectivity index (χ1v) is 15.5. The Morgan fingerprint density at radius 2 is 1.95 bits per heavy atom. The molecular weight excluding hydrogens is 536 g/mol. The summed E-state index contributed by atoms with van der Waals surface area (Å²) in [6, 6.07) is 15.8. The van der Waals surface area contributed by atoms with E-state index in [1.807, 2.05) is 36.6 Å². The Bertz CT molecular complexity index is 1380. The van der Waals surface area contributed by atoms with Gasteiger partial charge in [-0.2, -0.15) is 4.31 Å². The Morgan fingerprint density at radius 3 is 2.69 bits per heavy atom. The lowest BCUT2D eigenvalue weighted by atomic mass is 10.0. The fraction of sp³-hybridized carbons (Fsp3) is 0.414. The number of sulfonamides is 1. The lowest BCUT2D eigenvalue weighted by molar-refractivity contribution is -0.135. The van der Waals surface area contributed by atoms with Gasteiger partial charge in [0.05, 0.1) is 30.7 Å². The van der Waals surface area contributed by atoms with E-state index in [-0.39, 0.29) is 42.6 Å². The summed E-state index contributed by atoms with van der Waals surface area (Å²) in [6.07, 6.45) is 2.15. The molecule has 0 N–H and O–H groups in total. The fourth-order valence-corrected chi connectivity index (χ4v) is 7.45. The Balaban J connectivity index is 1.38. The summed E-state index contributed by atoms with van der Waals surface area (Å²) < 4.78 is 45.9. The zero-order valence-electron chi connectivity index (χ0n) is 22.2. The van der Waals surface area contributed by atoms with Gasteiger partial charge in [0.25, 0.3) is 0 Å². The van der Waals surface area contributed by atoms with Gasteiger partial charge >= 0.3 is 0 Å². The number of benzene rings is 2. The zero-order chi connectivity index (χ0) is 27.4. The summed E-state index contributed by atoms with van der Waals surface area (Å²) >= 11 is 1.67. The van der Waals surface area contributed by atoms with E-state index in [1.165, 1.54) is 9.18 Å². The molecule has 3 heterocycles. The van der Waals surface area contributed by atoms with Crippen molar-refractivity contribution in [2.75, 3.05) is 40.0 Å². The minimum Gasteiger partial charge on any atom is -0.497 e. The van der Waals surface area contributed by atoms with Gasteiger partial charge in [0.2, 0.25) is 15.9 Å². The average Bonchev–Trinajstić information content (AvgIpc) is 3.64. The van der Waals surface area contributed by atoms with Gasteiger partial charge in [-0.1, -0.05) is 23.8 Å². The van der Waals surface area contributed by atoms with E-state index < -0.39 is 10.0 Å². The normalized spacial score (nSPS) is 19.2. The summed E-state index contributed by atoms with van der Waals surface area (Å²) in [5.41, 5.74) is 2.02. The number of ether oxygens (including phenoxy) is 3. The van der Waals surface area contributed by atoms with E-state index in [0.29, 0.717) is 24.7 Å². The van der Waals surface area contributed by atoms with Gasteiger partial charge in [-0.3, -0.25) is 4.79 Å². The van der Waals surface area contributed by atoms with Gasteiger partial charge in [-0.15, -0.1) is 11.3 Å². The molecule has 208 valence electrons. The van der Waals surface area contributed by atoms with Crippen LogP contribution in [0.15, 0.2) is 64.9 Å². The predicted octanol–water partition coefficient (Wildman–Crippen LogP) is 4.44. The van der Waals surface area contributed by atoms with Crippen LogP contribution in [-0.2, 0) is 26.0 Å². The van der Waals surface area contributed by atoms with Gasteiger partial charge in [-0.25, -0.2) is 8.42 Å². The van der Waals surface area contributed by atoms with Gasteiger partial charge in [0.1, 0.15) is 18.1 Å². The largest absolute Gasteiger partial charge is 0.497 e. The highest BCUT2D eigenvalue weighted by Crippen LogP contribution is 2.34. The number of nitrogens with zero attached hydrogens (tertiary/aromatic N) is 2. The highest BCUT2D eigenvalue weighted by molar-refractivity contribution is 7.89. The van der Waals surface area contributed by atoms with Gasteiger partial charge in [0.15, 0.2) is 0 Å². The quantitative estimate of drug-likeness (QED) is 0.358. The van der Waals surface area contributed by atoms with E-state index in [1.54, 1.807) is 53.7 Å². The number of thiophene rings is 1. The molecule has 1 aromatic heterocycles. The van der Waals surface area contributed by atoms with Crippen molar-refractivity contribution >= 4 is 27.3 Å². The highest BCUT2D eigenvalue weighted by Gasteiger charge is 2.36. The minimum absolute atomic E-state index is 0.143. The molecule has 0 bridgehead atoms. The van der Waals surface area contributed by atoms with Crippen molar-refractivity contribution in [1.82, 2.24) is 9.21 Å². The maximum atomic E-state index is 13.9. The molecule has 39 heavy (non-hydrogen) atoms. The van der Waals surface area contributed by atoms with Crippen LogP contribution in [0.5, 0.6) is 11.5 Å². The van der Waals surface area contributed by atoms with Gasteiger partial charge in [-0.05, 0) is 67.5 Å². The Morgan fingerprint density at radius 1 is 1.15 bits per heavy atom. The van der Waals surface area contributed by atoms with E-state index in [4.69, 9.17) is 14.2 Å². The van der Waals surface area contributed by atoms with Crippen LogP contribution >= 0.6 is 11.3 Å². The first-order chi connectivity index (χ1) is 18.8. The van der Waals surface area contributed by atoms with E-state index >= 15 is 0 Å². The molecule has 0 saturated carbocycles. The smallest absolute Gasteiger partial charge is 0.243 e. The number of hydrogen-bond donors (Lipinski definition) is 0. The van der Waals surface area contributed by atoms with Crippen LogP contribution in [0.1, 0.15) is 34.9 Å². The molecule has 0 spiro atoms. The van der Waals surface area contributed by atoms with Crippen LogP contribution < -0.4 is 9.47 Å². The number of hydrogen-bond acceptors (Lipinski definition) is 7. The molecule has 2 aliphatic rings.